The first kappa shape index (κ1) is 40.3. The Balaban J connectivity index is 1.05. The van der Waals surface area contributed by atoms with Crippen molar-refractivity contribution >= 4 is 29.2 Å². The number of carbonyl (C=O) groups excluding carboxylic acids is 3. The fourth-order valence-corrected chi connectivity index (χ4v) is 13.2. The monoisotopic (exact) mass is 786 g/mol. The van der Waals surface area contributed by atoms with Crippen LogP contribution in [0.4, 0.5) is 11.4 Å². The van der Waals surface area contributed by atoms with E-state index in [0.29, 0.717) is 23.9 Å². The quantitative estimate of drug-likeness (QED) is 0.125. The molecule has 0 radical (unpaired) electrons. The van der Waals surface area contributed by atoms with Crippen molar-refractivity contribution in [1.82, 2.24) is 9.97 Å². The van der Waals surface area contributed by atoms with Gasteiger partial charge >= 0.3 is 11.9 Å². The van der Waals surface area contributed by atoms with Crippen molar-refractivity contribution in [2.24, 2.45) is 44.8 Å². The predicted octanol–water partition coefficient (Wildman–Crippen LogP) is 9.56. The molecule has 3 fully saturated rings. The van der Waals surface area contributed by atoms with Crippen LogP contribution in [0.1, 0.15) is 123 Å². The molecule has 308 valence electrons. The van der Waals surface area contributed by atoms with Crippen LogP contribution >= 0.6 is 0 Å². The van der Waals surface area contributed by atoms with Gasteiger partial charge < -0.3 is 20.5 Å². The van der Waals surface area contributed by atoms with Gasteiger partial charge in [0, 0.05) is 35.6 Å². The van der Waals surface area contributed by atoms with Gasteiger partial charge in [-0.3, -0.25) is 24.4 Å². The highest BCUT2D eigenvalue weighted by molar-refractivity contribution is 5.93. The molecule has 8 atom stereocenters. The van der Waals surface area contributed by atoms with E-state index in [9.17, 15) is 14.4 Å². The number of allylic oxidation sites excluding steroid dienone is 2. The van der Waals surface area contributed by atoms with E-state index in [-0.39, 0.29) is 64.8 Å². The molecule has 8 rings (SSSR count). The molecule has 2 aromatic carbocycles. The summed E-state index contributed by atoms with van der Waals surface area (Å²) in [7, 11) is 0. The third-order valence-electron chi connectivity index (χ3n) is 16.4. The summed E-state index contributed by atoms with van der Waals surface area (Å²) >= 11 is 0. The number of esters is 2. The number of nitrogens with one attached hydrogen (secondary N) is 1. The van der Waals surface area contributed by atoms with E-state index in [1.165, 1.54) is 5.57 Å². The molecule has 3 saturated carbocycles. The van der Waals surface area contributed by atoms with Crippen molar-refractivity contribution in [3.8, 4) is 0 Å². The van der Waals surface area contributed by atoms with Gasteiger partial charge in [-0.2, -0.15) is 0 Å². The number of nitrogen functional groups attached to an aromatic ring is 1. The second kappa shape index (κ2) is 14.6. The molecule has 0 aliphatic heterocycles. The van der Waals surface area contributed by atoms with Gasteiger partial charge in [0.15, 0.2) is 0 Å². The lowest BCUT2D eigenvalue weighted by Crippen LogP contribution is -2.65. The van der Waals surface area contributed by atoms with Gasteiger partial charge in [-0.1, -0.05) is 89.6 Å². The lowest BCUT2D eigenvalue weighted by Gasteiger charge is -2.70. The van der Waals surface area contributed by atoms with Gasteiger partial charge in [0.25, 0.3) is 0 Å². The number of carbonyl (C=O) groups is 3. The Morgan fingerprint density at radius 1 is 0.845 bits per heavy atom. The molecule has 0 spiro atoms. The summed E-state index contributed by atoms with van der Waals surface area (Å²) < 4.78 is 12.4. The van der Waals surface area contributed by atoms with Gasteiger partial charge in [0.1, 0.15) is 13.2 Å². The van der Waals surface area contributed by atoms with Gasteiger partial charge in [-0.25, -0.2) is 0 Å². The Morgan fingerprint density at radius 2 is 1.60 bits per heavy atom. The predicted molar refractivity (Wildman–Crippen MR) is 225 cm³/mol. The number of hydrogen-bond acceptors (Lipinski definition) is 8. The highest BCUT2D eigenvalue weighted by Crippen LogP contribution is 2.75. The summed E-state index contributed by atoms with van der Waals surface area (Å²) in [6, 6.07) is 17.0. The minimum Gasteiger partial charge on any atom is -0.465 e. The molecular formula is C49H62N4O5. The number of ether oxygens (including phenoxy) is 2. The van der Waals surface area contributed by atoms with Crippen molar-refractivity contribution in [2.75, 3.05) is 17.7 Å². The maximum Gasteiger partial charge on any atom is 0.313 e. The van der Waals surface area contributed by atoms with E-state index in [1.807, 2.05) is 30.3 Å². The summed E-state index contributed by atoms with van der Waals surface area (Å²) in [4.78, 5) is 50.4. The summed E-state index contributed by atoms with van der Waals surface area (Å²) in [6.07, 6.45) is 14.6. The molecule has 5 aliphatic carbocycles. The van der Waals surface area contributed by atoms with Crippen molar-refractivity contribution in [1.29, 1.82) is 0 Å². The summed E-state index contributed by atoms with van der Waals surface area (Å²) in [5.41, 5.74) is 10.3. The number of amides is 1. The Morgan fingerprint density at radius 3 is 2.38 bits per heavy atom. The minimum atomic E-state index is -0.556. The maximum absolute atomic E-state index is 14.5. The molecule has 9 heteroatoms. The highest BCUT2D eigenvalue weighted by atomic mass is 16.5. The van der Waals surface area contributed by atoms with Gasteiger partial charge in [-0.15, -0.1) is 0 Å². The normalized spacial score (nSPS) is 34.4. The molecule has 5 aliphatic rings. The first-order valence-corrected chi connectivity index (χ1v) is 21.6. The fourth-order valence-electron chi connectivity index (χ4n) is 13.2. The van der Waals surface area contributed by atoms with Crippen LogP contribution in [-0.2, 0) is 42.3 Å². The third kappa shape index (κ3) is 6.64. The molecule has 3 N–H and O–H groups in total. The number of fused-ring (bicyclic) bond motifs is 8. The summed E-state index contributed by atoms with van der Waals surface area (Å²) in [6.45, 7) is 15.0. The van der Waals surface area contributed by atoms with Crippen LogP contribution < -0.4 is 11.1 Å². The fraction of sp³-hybridized carbons (Fsp3) is 0.571. The Bertz CT molecular complexity index is 2120. The molecular weight excluding hydrogens is 725 g/mol. The first-order valence-electron chi connectivity index (χ1n) is 21.6. The number of nitrogens with zero attached hydrogens (tertiary/aromatic N) is 2. The second-order valence-electron chi connectivity index (χ2n) is 20.2. The number of anilines is 2. The number of aromatic nitrogens is 2. The van der Waals surface area contributed by atoms with E-state index < -0.39 is 16.8 Å². The number of benzene rings is 2. The molecule has 1 aromatic heterocycles. The van der Waals surface area contributed by atoms with Crippen molar-refractivity contribution in [3.63, 3.8) is 0 Å². The van der Waals surface area contributed by atoms with Gasteiger partial charge in [0.05, 0.1) is 23.2 Å². The number of rotatable bonds is 9. The molecule has 3 aromatic rings. The largest absolute Gasteiger partial charge is 0.465 e. The highest BCUT2D eigenvalue weighted by Gasteiger charge is 2.70. The number of hydrogen-bond donors (Lipinski definition) is 2. The lowest BCUT2D eigenvalue weighted by molar-refractivity contribution is -0.185. The molecule has 0 bridgehead atoms. The van der Waals surface area contributed by atoms with Crippen LogP contribution in [0.2, 0.25) is 0 Å². The van der Waals surface area contributed by atoms with Crippen molar-refractivity contribution < 1.29 is 23.9 Å². The zero-order valence-electron chi connectivity index (χ0n) is 35.4. The molecule has 58 heavy (non-hydrogen) atoms. The van der Waals surface area contributed by atoms with E-state index in [2.05, 4.69) is 52.9 Å². The molecule has 0 saturated heterocycles. The first-order chi connectivity index (χ1) is 27.5. The lowest BCUT2D eigenvalue weighted by atomic mass is 9.33. The molecule has 0 unspecified atom stereocenters. The van der Waals surface area contributed by atoms with Crippen molar-refractivity contribution in [2.45, 2.75) is 124 Å². The smallest absolute Gasteiger partial charge is 0.313 e. The van der Waals surface area contributed by atoms with E-state index >= 15 is 0 Å². The third-order valence-corrected chi connectivity index (χ3v) is 16.4. The Kier molecular flexibility index (Phi) is 10.2. The summed E-state index contributed by atoms with van der Waals surface area (Å²) in [5, 5.41) is 2.82. The maximum atomic E-state index is 14.5. The zero-order valence-corrected chi connectivity index (χ0v) is 35.4. The van der Waals surface area contributed by atoms with Crippen LogP contribution in [0.5, 0.6) is 0 Å². The number of nitrogens with two attached hydrogens (primary N) is 1. The molecule has 1 heterocycles. The van der Waals surface area contributed by atoms with E-state index in [4.69, 9.17) is 25.2 Å². The standard InChI is InChI=1S/C49H62N4O5/c1-44(2)21-23-49(43(56)57-30-32-11-8-7-9-12-32)24-22-47(5)35(36(49)28-44)15-16-39-45(3)29-37-42(52-26-25-51-37)46(4,38(45)19-20-48(39,47)6)31-58-41(55)18-17-40(54)53-34-14-10-13-33(50)27-34/h7-15,25-27,36,38-39H,16-24,28-31,50H2,1-6H3,(H,53,54)/t36-,38+,39+,45-,46-,47+,48+,49-/m0/s1. The SMILES string of the molecule is CC1(C)CC[C@]2(C(=O)OCc3ccccc3)CC[C@]3(C)C(=CC[C@@H]4[C@@]5(C)Cc6nccnc6[C@@](C)(COC(=O)CCC(=O)Nc6cccc(N)c6)[C@@H]5CC[C@]43C)[C@@H]2C1. The Hall–Kier alpha value is -4.53. The van der Waals surface area contributed by atoms with Gasteiger partial charge in [-0.05, 0) is 121 Å². The van der Waals surface area contributed by atoms with E-state index in [1.54, 1.807) is 36.7 Å². The Labute approximate surface area is 344 Å². The van der Waals surface area contributed by atoms with Crippen molar-refractivity contribution in [3.05, 3.63) is 95.6 Å². The van der Waals surface area contributed by atoms with Gasteiger partial charge in [0.2, 0.25) is 5.91 Å². The van der Waals surface area contributed by atoms with Crippen LogP contribution in [-0.4, -0.2) is 34.4 Å². The topological polar surface area (TPSA) is 134 Å². The zero-order chi connectivity index (χ0) is 41.1. The average molecular weight is 787 g/mol. The minimum absolute atomic E-state index is 0.0137. The average Bonchev–Trinajstić information content (AvgIpc) is 3.19. The summed E-state index contributed by atoms with van der Waals surface area (Å²) in [5.74, 6) is 0.0196. The van der Waals surface area contributed by atoms with E-state index in [0.717, 1.165) is 74.7 Å². The van der Waals surface area contributed by atoms with Crippen LogP contribution in [0.25, 0.3) is 0 Å². The molecule has 1 amide bonds. The van der Waals surface area contributed by atoms with Crippen LogP contribution in [0.3, 0.4) is 0 Å². The second-order valence-corrected chi connectivity index (χ2v) is 20.2. The molecule has 9 nitrogen and oxygen atoms in total. The van der Waals surface area contributed by atoms with Crippen LogP contribution in [0, 0.1) is 44.8 Å². The van der Waals surface area contributed by atoms with Crippen LogP contribution in [0.15, 0.2) is 78.6 Å².